The lowest BCUT2D eigenvalue weighted by molar-refractivity contribution is -0.166. The molecule has 6 nitrogen and oxygen atoms in total. The van der Waals surface area contributed by atoms with Gasteiger partial charge in [-0.25, -0.2) is 4.21 Å². The quantitative estimate of drug-likeness (QED) is 0.826. The van der Waals surface area contributed by atoms with Crippen molar-refractivity contribution >= 4 is 15.6 Å². The molecule has 0 bridgehead atoms. The van der Waals surface area contributed by atoms with Crippen LogP contribution in [0.2, 0.25) is 0 Å². The summed E-state index contributed by atoms with van der Waals surface area (Å²) >= 11 is 0. The van der Waals surface area contributed by atoms with E-state index in [-0.39, 0.29) is 16.7 Å². The molecule has 0 aliphatic carbocycles. The van der Waals surface area contributed by atoms with Crippen LogP contribution in [0.25, 0.3) is 0 Å². The van der Waals surface area contributed by atoms with Gasteiger partial charge in [-0.05, 0) is 44.4 Å². The molecule has 10 heteroatoms. The normalized spacial score (nSPS) is 31.8. The molecule has 1 amide bonds. The molecule has 146 valence electrons. The summed E-state index contributed by atoms with van der Waals surface area (Å²) in [6, 6.07) is 4.84. The van der Waals surface area contributed by atoms with Gasteiger partial charge >= 0.3 is 11.8 Å². The maximum Gasteiger partial charge on any atom is 0.442 e. The van der Waals surface area contributed by atoms with Crippen molar-refractivity contribution in [2.75, 3.05) is 18.1 Å². The first-order valence-corrected chi connectivity index (χ1v) is 10.7. The first kappa shape index (κ1) is 18.5. The highest BCUT2D eigenvalue weighted by atomic mass is 32.2. The fourth-order valence-electron chi connectivity index (χ4n) is 3.82. The van der Waals surface area contributed by atoms with Crippen molar-refractivity contribution in [3.63, 3.8) is 0 Å². The molecule has 27 heavy (non-hydrogen) atoms. The van der Waals surface area contributed by atoms with Crippen molar-refractivity contribution in [3.8, 4) is 0 Å². The highest BCUT2D eigenvalue weighted by molar-refractivity contribution is 7.93. The van der Waals surface area contributed by atoms with Crippen molar-refractivity contribution in [2.24, 2.45) is 14.6 Å². The Hall–Kier alpha value is -1.81. The summed E-state index contributed by atoms with van der Waals surface area (Å²) in [6.45, 7) is 0.960. The van der Waals surface area contributed by atoms with Crippen LogP contribution >= 0.6 is 0 Å². The van der Waals surface area contributed by atoms with E-state index < -0.39 is 27.5 Å². The van der Waals surface area contributed by atoms with Crippen LogP contribution in [0.3, 0.4) is 0 Å². The molecule has 2 saturated heterocycles. The van der Waals surface area contributed by atoms with Crippen LogP contribution in [0.1, 0.15) is 41.6 Å². The van der Waals surface area contributed by atoms with Crippen molar-refractivity contribution in [1.29, 1.82) is 0 Å². The summed E-state index contributed by atoms with van der Waals surface area (Å²) in [7, 11) is -2.63. The van der Waals surface area contributed by atoms with Gasteiger partial charge in [-0.15, -0.1) is 10.2 Å². The van der Waals surface area contributed by atoms with Crippen molar-refractivity contribution in [2.45, 2.75) is 43.1 Å². The van der Waals surface area contributed by atoms with E-state index in [1.54, 1.807) is 0 Å². The van der Waals surface area contributed by atoms with E-state index in [1.807, 2.05) is 0 Å². The number of carbonyl (C=O) groups is 1. The molecule has 3 heterocycles. The Balaban J connectivity index is 1.49. The van der Waals surface area contributed by atoms with Crippen LogP contribution in [-0.2, 0) is 15.4 Å². The number of nitrogens with zero attached hydrogens (tertiary/aromatic N) is 3. The predicted octanol–water partition coefficient (Wildman–Crippen LogP) is 3.39. The topological polar surface area (TPSA) is 83.2 Å². The van der Waals surface area contributed by atoms with Crippen LogP contribution in [0.5, 0.6) is 0 Å². The summed E-state index contributed by atoms with van der Waals surface area (Å²) < 4.78 is 55.9. The fourth-order valence-corrected chi connectivity index (χ4v) is 6.03. The largest absolute Gasteiger partial charge is 0.442 e. The highest BCUT2D eigenvalue weighted by Crippen LogP contribution is 2.52. The summed E-state index contributed by atoms with van der Waals surface area (Å²) in [5, 5.41) is 9.73. The molecule has 1 aromatic rings. The molecule has 4 rings (SSSR count). The molecule has 0 saturated carbocycles. The first-order valence-electron chi connectivity index (χ1n) is 8.80. The third-order valence-electron chi connectivity index (χ3n) is 5.61. The molecule has 0 aromatic heterocycles. The average molecular weight is 400 g/mol. The van der Waals surface area contributed by atoms with Gasteiger partial charge in [0, 0.05) is 28.2 Å². The summed E-state index contributed by atoms with van der Waals surface area (Å²) in [4.78, 5) is 12.4. The Morgan fingerprint density at radius 1 is 1.11 bits per heavy atom. The van der Waals surface area contributed by atoms with Gasteiger partial charge in [-0.3, -0.25) is 4.79 Å². The second-order valence-corrected chi connectivity index (χ2v) is 9.88. The van der Waals surface area contributed by atoms with E-state index in [0.717, 1.165) is 32.2 Å². The number of benzene rings is 1. The number of nitrogens with one attached hydrogen (secondary N) is 1. The summed E-state index contributed by atoms with van der Waals surface area (Å²) in [5.74, 6) is 0.0602. The molecule has 0 unspecified atom stereocenters. The molecule has 0 atom stereocenters. The van der Waals surface area contributed by atoms with Gasteiger partial charge in [0.2, 0.25) is 0 Å². The van der Waals surface area contributed by atoms with E-state index in [0.29, 0.717) is 11.5 Å². The molecule has 2 fully saturated rings. The second kappa shape index (κ2) is 6.10. The second-order valence-electron chi connectivity index (χ2n) is 7.34. The Bertz CT molecular complexity index is 889. The lowest BCUT2D eigenvalue weighted by Crippen LogP contribution is -2.46. The molecule has 1 N–H and O–H groups in total. The molecule has 1 spiro atoms. The van der Waals surface area contributed by atoms with Gasteiger partial charge in [0.1, 0.15) is 0 Å². The number of amides is 1. The standard InChI is InChI=1S/C17H19F3N4O2S/c18-17(19,20)16(23-24-16)13-4-2-12(3-5-13)14(25)22-27(26)10-7-15(8-11-27)6-1-9-21-15/h2-5,21H,1,6-11H2. The Morgan fingerprint density at radius 2 is 1.74 bits per heavy atom. The Labute approximate surface area is 154 Å². The van der Waals surface area contributed by atoms with E-state index in [9.17, 15) is 22.2 Å². The van der Waals surface area contributed by atoms with Gasteiger partial charge in [0.15, 0.2) is 0 Å². The molecule has 3 aliphatic heterocycles. The van der Waals surface area contributed by atoms with Crippen LogP contribution in [-0.4, -0.2) is 39.9 Å². The van der Waals surface area contributed by atoms with Gasteiger partial charge in [-0.2, -0.15) is 17.5 Å². The lowest BCUT2D eigenvalue weighted by atomic mass is 9.91. The first-order chi connectivity index (χ1) is 12.7. The van der Waals surface area contributed by atoms with E-state index in [4.69, 9.17) is 0 Å². The van der Waals surface area contributed by atoms with Crippen LogP contribution in [0.4, 0.5) is 13.2 Å². The highest BCUT2D eigenvalue weighted by Gasteiger charge is 2.65. The summed E-state index contributed by atoms with van der Waals surface area (Å²) in [6.07, 6.45) is -1.02. The Morgan fingerprint density at radius 3 is 2.22 bits per heavy atom. The number of carbonyl (C=O) groups excluding carboxylic acids is 1. The molecule has 1 aromatic carbocycles. The molecular formula is C17H19F3N4O2S. The van der Waals surface area contributed by atoms with Crippen LogP contribution in [0, 0.1) is 0 Å². The van der Waals surface area contributed by atoms with Crippen LogP contribution in [0.15, 0.2) is 38.9 Å². The molecular weight excluding hydrogens is 381 g/mol. The van der Waals surface area contributed by atoms with Gasteiger partial charge in [0.05, 0.1) is 9.73 Å². The third-order valence-corrected chi connectivity index (χ3v) is 7.79. The molecule has 0 radical (unpaired) electrons. The number of hydrogen-bond donors (Lipinski definition) is 1. The van der Waals surface area contributed by atoms with E-state index in [2.05, 4.69) is 19.9 Å². The van der Waals surface area contributed by atoms with Crippen molar-refractivity contribution < 1.29 is 22.2 Å². The zero-order chi connectivity index (χ0) is 19.3. The number of rotatable bonds is 2. The number of halogens is 3. The third kappa shape index (κ3) is 3.29. The monoisotopic (exact) mass is 400 g/mol. The van der Waals surface area contributed by atoms with E-state index >= 15 is 0 Å². The van der Waals surface area contributed by atoms with Gasteiger partial charge in [0.25, 0.3) is 5.91 Å². The van der Waals surface area contributed by atoms with Crippen LogP contribution < -0.4 is 5.32 Å². The maximum atomic E-state index is 13.0. The van der Waals surface area contributed by atoms with Gasteiger partial charge in [-0.1, -0.05) is 12.1 Å². The zero-order valence-corrected chi connectivity index (χ0v) is 15.3. The predicted molar refractivity (Wildman–Crippen MR) is 92.9 cm³/mol. The smallest absolute Gasteiger partial charge is 0.311 e. The minimum absolute atomic E-state index is 0.0320. The minimum Gasteiger partial charge on any atom is -0.311 e. The SMILES string of the molecule is O=C(N=S1(=O)CCC2(CCCN2)CC1)c1ccc(C2(C(F)(F)F)N=N2)cc1. The lowest BCUT2D eigenvalue weighted by Gasteiger charge is -2.34. The summed E-state index contributed by atoms with van der Waals surface area (Å²) in [5.41, 5.74) is -2.52. The van der Waals surface area contributed by atoms with E-state index in [1.165, 1.54) is 24.3 Å². The Kier molecular flexibility index (Phi) is 4.19. The van der Waals surface area contributed by atoms with Crippen molar-refractivity contribution in [1.82, 2.24) is 5.32 Å². The minimum atomic E-state index is -4.61. The average Bonchev–Trinajstić information content (AvgIpc) is 3.33. The maximum absolute atomic E-state index is 13.0. The van der Waals surface area contributed by atoms with Gasteiger partial charge < -0.3 is 5.32 Å². The van der Waals surface area contributed by atoms with Crippen molar-refractivity contribution in [3.05, 3.63) is 35.4 Å². The number of hydrogen-bond acceptors (Lipinski definition) is 5. The number of alkyl halides is 3. The molecule has 3 aliphatic rings. The zero-order valence-electron chi connectivity index (χ0n) is 14.5. The fraction of sp³-hybridized carbons (Fsp3) is 0.588.